The number of aromatic hydroxyl groups is 1. The van der Waals surface area contributed by atoms with Gasteiger partial charge in [0.1, 0.15) is 0 Å². The Balaban J connectivity index is 2.08. The highest BCUT2D eigenvalue weighted by Crippen LogP contribution is 2.36. The van der Waals surface area contributed by atoms with Gasteiger partial charge in [-0.05, 0) is 30.7 Å². The van der Waals surface area contributed by atoms with Crippen molar-refractivity contribution in [3.63, 3.8) is 0 Å². The summed E-state index contributed by atoms with van der Waals surface area (Å²) in [6.07, 6.45) is 1.39. The number of ether oxygens (including phenoxy) is 1. The van der Waals surface area contributed by atoms with E-state index in [1.807, 2.05) is 24.3 Å². The number of nitrogens with one attached hydrogen (secondary N) is 1. The van der Waals surface area contributed by atoms with Gasteiger partial charge in [0.2, 0.25) is 11.7 Å². The first-order valence-corrected chi connectivity index (χ1v) is 8.40. The number of carbonyl (C=O) groups is 1. The Kier molecular flexibility index (Phi) is 6.67. The summed E-state index contributed by atoms with van der Waals surface area (Å²) in [6, 6.07) is 9.82. The quantitative estimate of drug-likeness (QED) is 0.404. The lowest BCUT2D eigenvalue weighted by atomic mass is 10.1. The van der Waals surface area contributed by atoms with Crippen molar-refractivity contribution >= 4 is 33.7 Å². The van der Waals surface area contributed by atoms with Crippen LogP contribution < -0.4 is 10.2 Å². The maximum atomic E-state index is 11.9. The van der Waals surface area contributed by atoms with Gasteiger partial charge in [-0.3, -0.25) is 14.9 Å². The first-order chi connectivity index (χ1) is 12.4. The van der Waals surface area contributed by atoms with Gasteiger partial charge in [-0.1, -0.05) is 28.1 Å². The van der Waals surface area contributed by atoms with Gasteiger partial charge in [-0.2, -0.15) is 5.10 Å². The third-order valence-corrected chi connectivity index (χ3v) is 3.78. The third kappa shape index (κ3) is 5.28. The van der Waals surface area contributed by atoms with Crippen molar-refractivity contribution in [1.29, 1.82) is 0 Å². The standard InChI is InChI=1S/C17H16BrN3O5/c1-2-26-15-8-12(7-14(17(15)23)21(24)25)10-19-20-16(22)9-11-3-5-13(18)6-4-11/h3-8,10,23H,2,9H2,1H3,(H,20,22)/b19-10+. The molecule has 0 aromatic heterocycles. The molecule has 9 heteroatoms. The van der Waals surface area contributed by atoms with Gasteiger partial charge in [0.05, 0.1) is 24.2 Å². The lowest BCUT2D eigenvalue weighted by Crippen LogP contribution is -2.19. The Bertz CT molecular complexity index is 837. The lowest BCUT2D eigenvalue weighted by Gasteiger charge is -2.07. The molecule has 0 saturated carbocycles. The summed E-state index contributed by atoms with van der Waals surface area (Å²) in [4.78, 5) is 22.2. The normalized spacial score (nSPS) is 10.7. The number of amides is 1. The highest BCUT2D eigenvalue weighted by atomic mass is 79.9. The van der Waals surface area contributed by atoms with Crippen molar-refractivity contribution in [2.45, 2.75) is 13.3 Å². The van der Waals surface area contributed by atoms with Gasteiger partial charge in [-0.25, -0.2) is 5.43 Å². The zero-order chi connectivity index (χ0) is 19.1. The van der Waals surface area contributed by atoms with Gasteiger partial charge in [0.15, 0.2) is 5.75 Å². The number of phenols is 1. The van der Waals surface area contributed by atoms with E-state index in [0.717, 1.165) is 16.1 Å². The second kappa shape index (κ2) is 8.95. The summed E-state index contributed by atoms with van der Waals surface area (Å²) >= 11 is 3.32. The van der Waals surface area contributed by atoms with E-state index in [1.54, 1.807) is 6.92 Å². The molecule has 0 atom stereocenters. The number of hydrogen-bond donors (Lipinski definition) is 2. The van der Waals surface area contributed by atoms with Gasteiger partial charge >= 0.3 is 5.69 Å². The molecule has 0 aliphatic rings. The summed E-state index contributed by atoms with van der Waals surface area (Å²) < 4.78 is 6.09. The molecule has 0 bridgehead atoms. The molecule has 0 spiro atoms. The zero-order valence-corrected chi connectivity index (χ0v) is 15.4. The number of phenolic OH excluding ortho intramolecular Hbond substituents is 1. The summed E-state index contributed by atoms with van der Waals surface area (Å²) in [5, 5.41) is 24.6. The molecule has 0 heterocycles. The Morgan fingerprint density at radius 1 is 1.38 bits per heavy atom. The third-order valence-electron chi connectivity index (χ3n) is 3.25. The summed E-state index contributed by atoms with van der Waals surface area (Å²) in [6.45, 7) is 1.92. The first kappa shape index (κ1) is 19.4. The van der Waals surface area contributed by atoms with E-state index in [2.05, 4.69) is 26.5 Å². The molecule has 0 aliphatic heterocycles. The van der Waals surface area contributed by atoms with Crippen molar-refractivity contribution in [3.05, 3.63) is 62.1 Å². The van der Waals surface area contributed by atoms with Gasteiger partial charge in [0.25, 0.3) is 0 Å². The number of benzene rings is 2. The second-order valence-electron chi connectivity index (χ2n) is 5.17. The monoisotopic (exact) mass is 421 g/mol. The molecule has 136 valence electrons. The van der Waals surface area contributed by atoms with Crippen LogP contribution in [0, 0.1) is 10.1 Å². The van der Waals surface area contributed by atoms with Crippen molar-refractivity contribution in [3.8, 4) is 11.5 Å². The maximum absolute atomic E-state index is 11.9. The first-order valence-electron chi connectivity index (χ1n) is 7.61. The van der Waals surface area contributed by atoms with Gasteiger partial charge in [0, 0.05) is 16.1 Å². The van der Waals surface area contributed by atoms with E-state index in [4.69, 9.17) is 4.74 Å². The highest BCUT2D eigenvalue weighted by Gasteiger charge is 2.19. The summed E-state index contributed by atoms with van der Waals surface area (Å²) in [7, 11) is 0. The van der Waals surface area contributed by atoms with Crippen LogP contribution in [0.5, 0.6) is 11.5 Å². The molecule has 0 saturated heterocycles. The zero-order valence-electron chi connectivity index (χ0n) is 13.8. The molecule has 2 rings (SSSR count). The molecule has 2 N–H and O–H groups in total. The fourth-order valence-electron chi connectivity index (χ4n) is 2.10. The van der Waals surface area contributed by atoms with Crippen LogP contribution in [0.1, 0.15) is 18.1 Å². The minimum atomic E-state index is -0.721. The SMILES string of the molecule is CCOc1cc(/C=N/NC(=O)Cc2ccc(Br)cc2)cc([N+](=O)[O-])c1O. The number of halogens is 1. The number of rotatable bonds is 7. The molecule has 0 radical (unpaired) electrons. The molecule has 2 aromatic carbocycles. The Morgan fingerprint density at radius 3 is 2.69 bits per heavy atom. The topological polar surface area (TPSA) is 114 Å². The average Bonchev–Trinajstić information content (AvgIpc) is 2.59. The van der Waals surface area contributed by atoms with Gasteiger partial charge in [-0.15, -0.1) is 0 Å². The van der Waals surface area contributed by atoms with E-state index in [9.17, 15) is 20.0 Å². The molecule has 0 fully saturated rings. The molecular weight excluding hydrogens is 406 g/mol. The van der Waals surface area contributed by atoms with Crippen LogP contribution in [0.25, 0.3) is 0 Å². The number of nitro benzene ring substituents is 1. The van der Waals surface area contributed by atoms with Crippen LogP contribution in [0.15, 0.2) is 46.0 Å². The molecule has 0 unspecified atom stereocenters. The molecule has 26 heavy (non-hydrogen) atoms. The van der Waals surface area contributed by atoms with E-state index >= 15 is 0 Å². The van der Waals surface area contributed by atoms with Crippen LogP contribution in [0.4, 0.5) is 5.69 Å². The number of hydrogen-bond acceptors (Lipinski definition) is 6. The lowest BCUT2D eigenvalue weighted by molar-refractivity contribution is -0.386. The average molecular weight is 422 g/mol. The Morgan fingerprint density at radius 2 is 2.08 bits per heavy atom. The predicted octanol–water partition coefficient (Wildman–Crippen LogP) is 3.15. The number of nitrogens with zero attached hydrogens (tertiary/aromatic N) is 2. The second-order valence-corrected chi connectivity index (χ2v) is 6.09. The van der Waals surface area contributed by atoms with Crippen LogP contribution in [0.2, 0.25) is 0 Å². The van der Waals surface area contributed by atoms with Crippen LogP contribution in [0.3, 0.4) is 0 Å². The minimum absolute atomic E-state index is 0.0238. The Hall–Kier alpha value is -2.94. The summed E-state index contributed by atoms with van der Waals surface area (Å²) in [5.74, 6) is -0.903. The summed E-state index contributed by atoms with van der Waals surface area (Å²) in [5.41, 5.74) is 2.98. The maximum Gasteiger partial charge on any atom is 0.315 e. The van der Waals surface area contributed by atoms with Crippen molar-refractivity contribution in [2.24, 2.45) is 5.10 Å². The van der Waals surface area contributed by atoms with Gasteiger partial charge < -0.3 is 9.84 Å². The van der Waals surface area contributed by atoms with Crippen molar-refractivity contribution < 1.29 is 19.6 Å². The largest absolute Gasteiger partial charge is 0.500 e. The van der Waals surface area contributed by atoms with E-state index in [1.165, 1.54) is 12.3 Å². The van der Waals surface area contributed by atoms with Crippen LogP contribution >= 0.6 is 15.9 Å². The predicted molar refractivity (Wildman–Crippen MR) is 99.5 cm³/mol. The van der Waals surface area contributed by atoms with Crippen molar-refractivity contribution in [2.75, 3.05) is 6.61 Å². The number of nitro groups is 1. The fraction of sp³-hybridized carbons (Fsp3) is 0.176. The molecular formula is C17H16BrN3O5. The molecule has 2 aromatic rings. The Labute approximate surface area is 157 Å². The molecule has 0 aliphatic carbocycles. The number of hydrazone groups is 1. The fourth-order valence-corrected chi connectivity index (χ4v) is 2.36. The van der Waals surface area contributed by atoms with Crippen LogP contribution in [-0.4, -0.2) is 28.8 Å². The minimum Gasteiger partial charge on any atom is -0.500 e. The van der Waals surface area contributed by atoms with Crippen LogP contribution in [-0.2, 0) is 11.2 Å². The van der Waals surface area contributed by atoms with E-state index in [0.29, 0.717) is 5.56 Å². The van der Waals surface area contributed by atoms with E-state index < -0.39 is 16.4 Å². The van der Waals surface area contributed by atoms with E-state index in [-0.39, 0.29) is 24.7 Å². The smallest absolute Gasteiger partial charge is 0.315 e. The highest BCUT2D eigenvalue weighted by molar-refractivity contribution is 9.10. The number of carbonyl (C=O) groups excluding carboxylic acids is 1. The molecule has 8 nitrogen and oxygen atoms in total. The molecule has 1 amide bonds. The van der Waals surface area contributed by atoms with Crippen molar-refractivity contribution in [1.82, 2.24) is 5.43 Å².